The van der Waals surface area contributed by atoms with Gasteiger partial charge in [0.15, 0.2) is 5.78 Å². The van der Waals surface area contributed by atoms with Crippen LogP contribution in [0.25, 0.3) is 6.08 Å². The highest BCUT2D eigenvalue weighted by Crippen LogP contribution is 2.20. The van der Waals surface area contributed by atoms with E-state index in [4.69, 9.17) is 0 Å². The molecule has 0 atom stereocenters. The number of piperazine rings is 1. The van der Waals surface area contributed by atoms with E-state index < -0.39 is 0 Å². The number of unbranched alkanes of at least 4 members (excludes halogenated alkanes) is 1. The van der Waals surface area contributed by atoms with Crippen molar-refractivity contribution in [2.75, 3.05) is 38.5 Å². The summed E-state index contributed by atoms with van der Waals surface area (Å²) in [5, 5.41) is 3.40. The van der Waals surface area contributed by atoms with Crippen molar-refractivity contribution in [3.8, 4) is 0 Å². The van der Waals surface area contributed by atoms with Crippen molar-refractivity contribution in [2.45, 2.75) is 17.7 Å². The van der Waals surface area contributed by atoms with E-state index in [2.05, 4.69) is 34.5 Å². The normalized spacial score (nSPS) is 15.3. The first-order chi connectivity index (χ1) is 13.3. The van der Waals surface area contributed by atoms with Crippen molar-refractivity contribution < 1.29 is 4.79 Å². The number of allylic oxidation sites excluding steroid dienone is 1. The van der Waals surface area contributed by atoms with E-state index in [0.29, 0.717) is 0 Å². The molecule has 2 aromatic carbocycles. The zero-order valence-corrected chi connectivity index (χ0v) is 16.6. The number of thioether (sulfide) groups is 1. The summed E-state index contributed by atoms with van der Waals surface area (Å²) in [6.07, 6.45) is 6.06. The molecule has 0 saturated carbocycles. The van der Waals surface area contributed by atoms with Crippen molar-refractivity contribution in [3.63, 3.8) is 0 Å². The average Bonchev–Trinajstić information content (AvgIpc) is 2.74. The van der Waals surface area contributed by atoms with Crippen LogP contribution in [0.5, 0.6) is 0 Å². The van der Waals surface area contributed by atoms with Crippen LogP contribution in [-0.2, 0) is 0 Å². The summed E-state index contributed by atoms with van der Waals surface area (Å²) in [4.78, 5) is 16.0. The first kappa shape index (κ1) is 19.9. The first-order valence-electron chi connectivity index (χ1n) is 9.75. The number of carbonyl (C=O) groups is 1. The SMILES string of the molecule is O=C(/C=C/c1ccc(SCCCCN2CCNCC2)cc1)c1ccccc1. The predicted octanol–water partition coefficient (Wildman–Crippen LogP) is 4.36. The highest BCUT2D eigenvalue weighted by Gasteiger charge is 2.08. The van der Waals surface area contributed by atoms with Gasteiger partial charge >= 0.3 is 0 Å². The van der Waals surface area contributed by atoms with E-state index in [1.165, 1.54) is 37.4 Å². The molecular weight excluding hydrogens is 352 g/mol. The molecular formula is C23H28N2OS. The molecule has 0 aliphatic carbocycles. The monoisotopic (exact) mass is 380 g/mol. The smallest absolute Gasteiger partial charge is 0.185 e. The third kappa shape index (κ3) is 6.98. The molecule has 2 aromatic rings. The van der Waals surface area contributed by atoms with E-state index >= 15 is 0 Å². The summed E-state index contributed by atoms with van der Waals surface area (Å²) < 4.78 is 0. The largest absolute Gasteiger partial charge is 0.314 e. The Morgan fingerprint density at radius 3 is 2.48 bits per heavy atom. The number of ketones is 1. The second-order valence-corrected chi connectivity index (χ2v) is 7.95. The van der Waals surface area contributed by atoms with Crippen molar-refractivity contribution in [2.24, 2.45) is 0 Å². The molecule has 4 heteroatoms. The zero-order chi connectivity index (χ0) is 18.7. The lowest BCUT2D eigenvalue weighted by atomic mass is 10.1. The van der Waals surface area contributed by atoms with Crippen molar-refractivity contribution in [1.82, 2.24) is 10.2 Å². The molecule has 1 fully saturated rings. The van der Waals surface area contributed by atoms with E-state index in [1.54, 1.807) is 6.08 Å². The highest BCUT2D eigenvalue weighted by molar-refractivity contribution is 7.99. The van der Waals surface area contributed by atoms with Crippen LogP contribution in [0.3, 0.4) is 0 Å². The van der Waals surface area contributed by atoms with Crippen LogP contribution in [0.4, 0.5) is 0 Å². The molecule has 1 aliphatic heterocycles. The lowest BCUT2D eigenvalue weighted by Gasteiger charge is -2.26. The Hall–Kier alpha value is -1.88. The fraction of sp³-hybridized carbons (Fsp3) is 0.348. The Bertz CT molecular complexity index is 722. The molecule has 3 rings (SSSR count). The molecule has 0 radical (unpaired) electrons. The van der Waals surface area contributed by atoms with Gasteiger partial charge in [-0.15, -0.1) is 11.8 Å². The third-order valence-corrected chi connectivity index (χ3v) is 5.81. The number of hydrogen-bond acceptors (Lipinski definition) is 4. The quantitative estimate of drug-likeness (QED) is 0.303. The van der Waals surface area contributed by atoms with Gasteiger partial charge in [0.2, 0.25) is 0 Å². The second kappa shape index (κ2) is 11.1. The summed E-state index contributed by atoms with van der Waals surface area (Å²) in [5.41, 5.74) is 1.78. The Kier molecular flexibility index (Phi) is 8.15. The molecule has 0 spiro atoms. The molecule has 1 heterocycles. The summed E-state index contributed by atoms with van der Waals surface area (Å²) in [6, 6.07) is 17.8. The summed E-state index contributed by atoms with van der Waals surface area (Å²) in [6.45, 7) is 5.87. The molecule has 1 N–H and O–H groups in total. The highest BCUT2D eigenvalue weighted by atomic mass is 32.2. The van der Waals surface area contributed by atoms with E-state index in [1.807, 2.05) is 48.2 Å². The van der Waals surface area contributed by atoms with Crippen molar-refractivity contribution >= 4 is 23.6 Å². The summed E-state index contributed by atoms with van der Waals surface area (Å²) in [5.74, 6) is 1.20. The number of hydrogen-bond donors (Lipinski definition) is 1. The Morgan fingerprint density at radius 2 is 1.74 bits per heavy atom. The molecule has 0 bridgehead atoms. The molecule has 1 saturated heterocycles. The van der Waals surface area contributed by atoms with Gasteiger partial charge in [-0.25, -0.2) is 0 Å². The van der Waals surface area contributed by atoms with Crippen LogP contribution in [-0.4, -0.2) is 49.2 Å². The minimum atomic E-state index is 0.0403. The van der Waals surface area contributed by atoms with Gasteiger partial charge in [0.1, 0.15) is 0 Å². The maximum Gasteiger partial charge on any atom is 0.185 e. The molecule has 27 heavy (non-hydrogen) atoms. The van der Waals surface area contributed by atoms with Crippen LogP contribution >= 0.6 is 11.8 Å². The predicted molar refractivity (Wildman–Crippen MR) is 116 cm³/mol. The van der Waals surface area contributed by atoms with Crippen molar-refractivity contribution in [1.29, 1.82) is 0 Å². The van der Waals surface area contributed by atoms with Crippen LogP contribution in [0.15, 0.2) is 65.6 Å². The van der Waals surface area contributed by atoms with Gasteiger partial charge in [0.05, 0.1) is 0 Å². The summed E-state index contributed by atoms with van der Waals surface area (Å²) >= 11 is 1.92. The minimum absolute atomic E-state index is 0.0403. The Labute approximate surface area is 166 Å². The molecule has 3 nitrogen and oxygen atoms in total. The van der Waals surface area contributed by atoms with Crippen LogP contribution in [0.1, 0.15) is 28.8 Å². The lowest BCUT2D eigenvalue weighted by molar-refractivity contribution is 0.104. The fourth-order valence-electron chi connectivity index (χ4n) is 3.11. The van der Waals surface area contributed by atoms with Crippen molar-refractivity contribution in [3.05, 3.63) is 71.8 Å². The standard InChI is InChI=1S/C23H28N2OS/c26-23(21-6-2-1-3-7-21)13-10-20-8-11-22(12-9-20)27-19-5-4-16-25-17-14-24-15-18-25/h1-3,6-13,24H,4-5,14-19H2/b13-10+. The van der Waals surface area contributed by atoms with Gasteiger partial charge < -0.3 is 10.2 Å². The molecule has 0 unspecified atom stereocenters. The number of nitrogens with one attached hydrogen (secondary N) is 1. The Balaban J connectivity index is 1.37. The van der Waals surface area contributed by atoms with E-state index in [0.717, 1.165) is 30.0 Å². The molecule has 0 aromatic heterocycles. The zero-order valence-electron chi connectivity index (χ0n) is 15.8. The summed E-state index contributed by atoms with van der Waals surface area (Å²) in [7, 11) is 0. The first-order valence-corrected chi connectivity index (χ1v) is 10.7. The lowest BCUT2D eigenvalue weighted by Crippen LogP contribution is -2.43. The van der Waals surface area contributed by atoms with Gasteiger partial charge in [0, 0.05) is 36.6 Å². The number of benzene rings is 2. The maximum absolute atomic E-state index is 12.1. The fourth-order valence-corrected chi connectivity index (χ4v) is 4.02. The van der Waals surface area contributed by atoms with Crippen LogP contribution < -0.4 is 5.32 Å². The minimum Gasteiger partial charge on any atom is -0.314 e. The van der Waals surface area contributed by atoms with Gasteiger partial charge in [0.25, 0.3) is 0 Å². The van der Waals surface area contributed by atoms with Gasteiger partial charge in [-0.2, -0.15) is 0 Å². The topological polar surface area (TPSA) is 32.3 Å². The van der Waals surface area contributed by atoms with Crippen LogP contribution in [0, 0.1) is 0 Å². The number of nitrogens with zero attached hydrogens (tertiary/aromatic N) is 1. The average molecular weight is 381 g/mol. The maximum atomic E-state index is 12.1. The Morgan fingerprint density at radius 1 is 1.00 bits per heavy atom. The van der Waals surface area contributed by atoms with Gasteiger partial charge in [-0.1, -0.05) is 48.5 Å². The molecule has 142 valence electrons. The molecule has 0 amide bonds. The van der Waals surface area contributed by atoms with E-state index in [9.17, 15) is 4.79 Å². The molecule has 1 aliphatic rings. The van der Waals surface area contributed by atoms with Gasteiger partial charge in [-0.3, -0.25) is 4.79 Å². The number of rotatable bonds is 9. The second-order valence-electron chi connectivity index (χ2n) is 6.78. The van der Waals surface area contributed by atoms with Gasteiger partial charge in [-0.05, 0) is 48.9 Å². The number of carbonyl (C=O) groups excluding carboxylic acids is 1. The third-order valence-electron chi connectivity index (χ3n) is 4.71. The van der Waals surface area contributed by atoms with E-state index in [-0.39, 0.29) is 5.78 Å². The van der Waals surface area contributed by atoms with Crippen LogP contribution in [0.2, 0.25) is 0 Å².